The van der Waals surface area contributed by atoms with E-state index in [0.717, 1.165) is 11.1 Å². The van der Waals surface area contributed by atoms with Gasteiger partial charge in [-0.05, 0) is 42.2 Å². The van der Waals surface area contributed by atoms with Crippen molar-refractivity contribution in [1.82, 2.24) is 25.0 Å². The molecular formula is C23H25N5O2. The van der Waals surface area contributed by atoms with Crippen LogP contribution in [0.3, 0.4) is 0 Å². The van der Waals surface area contributed by atoms with E-state index < -0.39 is 5.41 Å². The molecule has 30 heavy (non-hydrogen) atoms. The first-order valence-electron chi connectivity index (χ1n) is 10.1. The van der Waals surface area contributed by atoms with Gasteiger partial charge in [0, 0.05) is 45.1 Å². The van der Waals surface area contributed by atoms with E-state index in [9.17, 15) is 9.59 Å². The summed E-state index contributed by atoms with van der Waals surface area (Å²) in [5.74, 6) is 0.758. The zero-order valence-corrected chi connectivity index (χ0v) is 17.0. The van der Waals surface area contributed by atoms with E-state index in [1.54, 1.807) is 24.0 Å². The fraction of sp³-hybridized carbons (Fsp3) is 0.304. The number of nitrogens with zero attached hydrogens (tertiary/aromatic N) is 4. The zero-order chi connectivity index (χ0) is 21.0. The van der Waals surface area contributed by atoms with Crippen molar-refractivity contribution in [1.29, 1.82) is 0 Å². The molecule has 0 saturated carbocycles. The third kappa shape index (κ3) is 3.96. The molecule has 1 fully saturated rings. The number of carbonyl (C=O) groups excluding carboxylic acids is 2. The Morgan fingerprint density at radius 2 is 1.83 bits per heavy atom. The van der Waals surface area contributed by atoms with Crippen molar-refractivity contribution >= 4 is 11.8 Å². The molecule has 1 aliphatic rings. The SMILES string of the molecule is CC(=O)N1CCC(C(=O)NCc2ccnc(-n3cccn3)c2)(c2ccccc2)CC1. The summed E-state index contributed by atoms with van der Waals surface area (Å²) in [6, 6.07) is 15.5. The number of carbonyl (C=O) groups is 2. The van der Waals surface area contributed by atoms with E-state index in [0.29, 0.717) is 38.3 Å². The van der Waals surface area contributed by atoms with Crippen LogP contribution in [0.5, 0.6) is 0 Å². The average Bonchev–Trinajstić information content (AvgIpc) is 3.33. The van der Waals surface area contributed by atoms with Crippen LogP contribution in [0, 0.1) is 0 Å². The highest BCUT2D eigenvalue weighted by Crippen LogP contribution is 2.36. The molecule has 1 saturated heterocycles. The van der Waals surface area contributed by atoms with Gasteiger partial charge in [-0.3, -0.25) is 9.59 Å². The Hall–Kier alpha value is -3.48. The Labute approximate surface area is 175 Å². The van der Waals surface area contributed by atoms with E-state index in [-0.39, 0.29) is 11.8 Å². The van der Waals surface area contributed by atoms with Crippen LogP contribution < -0.4 is 5.32 Å². The fourth-order valence-corrected chi connectivity index (χ4v) is 4.06. The van der Waals surface area contributed by atoms with Crippen LogP contribution in [-0.2, 0) is 21.5 Å². The number of piperidine rings is 1. The Bertz CT molecular complexity index is 1010. The van der Waals surface area contributed by atoms with Gasteiger partial charge in [-0.2, -0.15) is 5.10 Å². The summed E-state index contributed by atoms with van der Waals surface area (Å²) in [6.45, 7) is 3.14. The van der Waals surface area contributed by atoms with Gasteiger partial charge in [0.2, 0.25) is 11.8 Å². The van der Waals surface area contributed by atoms with Crippen molar-refractivity contribution in [2.45, 2.75) is 31.7 Å². The number of likely N-dealkylation sites (tertiary alicyclic amines) is 1. The first-order valence-corrected chi connectivity index (χ1v) is 10.1. The molecule has 1 N–H and O–H groups in total. The molecule has 3 aromatic rings. The smallest absolute Gasteiger partial charge is 0.231 e. The van der Waals surface area contributed by atoms with Crippen molar-refractivity contribution in [3.63, 3.8) is 0 Å². The van der Waals surface area contributed by atoms with E-state index in [2.05, 4.69) is 15.4 Å². The largest absolute Gasteiger partial charge is 0.351 e. The monoisotopic (exact) mass is 403 g/mol. The number of rotatable bonds is 5. The van der Waals surface area contributed by atoms with Gasteiger partial charge in [0.15, 0.2) is 5.82 Å². The van der Waals surface area contributed by atoms with E-state index in [1.165, 1.54) is 0 Å². The first-order chi connectivity index (χ1) is 14.6. The molecule has 1 aromatic carbocycles. The van der Waals surface area contributed by atoms with Gasteiger partial charge in [0.25, 0.3) is 0 Å². The fourth-order valence-electron chi connectivity index (χ4n) is 4.06. The predicted octanol–water partition coefficient (Wildman–Crippen LogP) is 2.46. The van der Waals surface area contributed by atoms with Crippen molar-refractivity contribution in [3.05, 3.63) is 78.2 Å². The second-order valence-corrected chi connectivity index (χ2v) is 7.61. The molecule has 1 aliphatic heterocycles. The maximum Gasteiger partial charge on any atom is 0.231 e. The maximum absolute atomic E-state index is 13.4. The lowest BCUT2D eigenvalue weighted by Crippen LogP contribution is -2.52. The van der Waals surface area contributed by atoms with E-state index >= 15 is 0 Å². The normalized spacial score (nSPS) is 15.6. The molecule has 0 unspecified atom stereocenters. The van der Waals surface area contributed by atoms with Crippen LogP contribution in [0.1, 0.15) is 30.9 Å². The number of benzene rings is 1. The Balaban J connectivity index is 1.52. The molecule has 2 amide bonds. The second-order valence-electron chi connectivity index (χ2n) is 7.61. The maximum atomic E-state index is 13.4. The van der Waals surface area contributed by atoms with Crippen LogP contribution >= 0.6 is 0 Å². The van der Waals surface area contributed by atoms with Crippen LogP contribution in [0.25, 0.3) is 5.82 Å². The molecule has 0 bridgehead atoms. The van der Waals surface area contributed by atoms with Crippen molar-refractivity contribution in [2.75, 3.05) is 13.1 Å². The Morgan fingerprint density at radius 3 is 2.50 bits per heavy atom. The van der Waals surface area contributed by atoms with Crippen LogP contribution in [0.15, 0.2) is 67.1 Å². The number of hydrogen-bond acceptors (Lipinski definition) is 4. The zero-order valence-electron chi connectivity index (χ0n) is 17.0. The van der Waals surface area contributed by atoms with Gasteiger partial charge in [-0.25, -0.2) is 9.67 Å². The molecule has 0 spiro atoms. The number of aromatic nitrogens is 3. The Morgan fingerprint density at radius 1 is 1.07 bits per heavy atom. The lowest BCUT2D eigenvalue weighted by Gasteiger charge is -2.40. The lowest BCUT2D eigenvalue weighted by molar-refractivity contribution is -0.135. The second kappa shape index (κ2) is 8.49. The van der Waals surface area contributed by atoms with Crippen molar-refractivity contribution < 1.29 is 9.59 Å². The van der Waals surface area contributed by atoms with Crippen LogP contribution in [0.4, 0.5) is 0 Å². The molecule has 154 valence electrons. The molecule has 0 atom stereocenters. The molecular weight excluding hydrogens is 378 g/mol. The third-order valence-corrected chi connectivity index (χ3v) is 5.83. The number of amides is 2. The summed E-state index contributed by atoms with van der Waals surface area (Å²) in [7, 11) is 0. The summed E-state index contributed by atoms with van der Waals surface area (Å²) in [4.78, 5) is 31.4. The van der Waals surface area contributed by atoms with Crippen molar-refractivity contribution in [3.8, 4) is 5.82 Å². The van der Waals surface area contributed by atoms with Crippen LogP contribution in [0.2, 0.25) is 0 Å². The van der Waals surface area contributed by atoms with Gasteiger partial charge >= 0.3 is 0 Å². The molecule has 3 heterocycles. The van der Waals surface area contributed by atoms with Gasteiger partial charge in [-0.15, -0.1) is 0 Å². The minimum Gasteiger partial charge on any atom is -0.351 e. The molecule has 4 rings (SSSR count). The molecule has 2 aromatic heterocycles. The van der Waals surface area contributed by atoms with Gasteiger partial charge in [0.05, 0.1) is 5.41 Å². The number of pyridine rings is 1. The summed E-state index contributed by atoms with van der Waals surface area (Å²) >= 11 is 0. The highest BCUT2D eigenvalue weighted by Gasteiger charge is 2.43. The highest BCUT2D eigenvalue weighted by atomic mass is 16.2. The summed E-state index contributed by atoms with van der Waals surface area (Å²) in [5, 5.41) is 7.33. The van der Waals surface area contributed by atoms with Crippen LogP contribution in [-0.4, -0.2) is 44.6 Å². The minimum absolute atomic E-state index is 0.00523. The molecule has 0 aliphatic carbocycles. The minimum atomic E-state index is -0.634. The predicted molar refractivity (Wildman–Crippen MR) is 113 cm³/mol. The summed E-state index contributed by atoms with van der Waals surface area (Å²) in [6.07, 6.45) is 6.47. The summed E-state index contributed by atoms with van der Waals surface area (Å²) in [5.41, 5.74) is 1.32. The quantitative estimate of drug-likeness (QED) is 0.710. The van der Waals surface area contributed by atoms with Crippen molar-refractivity contribution in [2.24, 2.45) is 0 Å². The standard InChI is InChI=1S/C23H25N5O2/c1-18(29)27-14-9-23(10-15-27,20-6-3-2-4-7-20)22(30)25-17-19-8-12-24-21(16-19)28-13-5-11-26-28/h2-8,11-13,16H,9-10,14-15,17H2,1H3,(H,25,30). The van der Waals surface area contributed by atoms with Gasteiger partial charge < -0.3 is 10.2 Å². The van der Waals surface area contributed by atoms with Gasteiger partial charge in [-0.1, -0.05) is 30.3 Å². The Kier molecular flexibility index (Phi) is 5.61. The summed E-state index contributed by atoms with van der Waals surface area (Å²) < 4.78 is 1.69. The molecule has 0 radical (unpaired) electrons. The molecule has 7 nitrogen and oxygen atoms in total. The van der Waals surface area contributed by atoms with E-state index in [1.807, 2.05) is 59.6 Å². The topological polar surface area (TPSA) is 80.1 Å². The van der Waals surface area contributed by atoms with E-state index in [4.69, 9.17) is 0 Å². The number of nitrogens with one attached hydrogen (secondary N) is 1. The first kappa shape index (κ1) is 19.8. The highest BCUT2D eigenvalue weighted by molar-refractivity contribution is 5.88. The average molecular weight is 403 g/mol. The van der Waals surface area contributed by atoms with Gasteiger partial charge in [0.1, 0.15) is 0 Å². The lowest BCUT2D eigenvalue weighted by atomic mass is 9.72. The molecule has 7 heteroatoms. The third-order valence-electron chi connectivity index (χ3n) is 5.83. The number of hydrogen-bond donors (Lipinski definition) is 1.